The van der Waals surface area contributed by atoms with Gasteiger partial charge in [0.25, 0.3) is 0 Å². The van der Waals surface area contributed by atoms with E-state index in [4.69, 9.17) is 5.11 Å². The number of nitrogens with one attached hydrogen (secondary N) is 1. The van der Waals surface area contributed by atoms with E-state index >= 15 is 0 Å². The largest absolute Gasteiger partial charge is 0.396 e. The number of rotatable bonds is 6. The van der Waals surface area contributed by atoms with Crippen LogP contribution in [0.25, 0.3) is 0 Å². The fourth-order valence-electron chi connectivity index (χ4n) is 2.10. The van der Waals surface area contributed by atoms with E-state index in [-0.39, 0.29) is 6.61 Å². The van der Waals surface area contributed by atoms with Gasteiger partial charge in [-0.25, -0.2) is 0 Å². The van der Waals surface area contributed by atoms with Crippen molar-refractivity contribution in [1.82, 2.24) is 10.2 Å². The van der Waals surface area contributed by atoms with Crippen LogP contribution >= 0.6 is 0 Å². The Morgan fingerprint density at radius 1 is 1.40 bits per heavy atom. The molecule has 0 aliphatic carbocycles. The second-order valence-corrected chi connectivity index (χ2v) is 5.19. The molecule has 0 amide bonds. The zero-order valence-corrected chi connectivity index (χ0v) is 10.4. The summed E-state index contributed by atoms with van der Waals surface area (Å²) in [5.74, 6) is 1.19. The molecule has 15 heavy (non-hydrogen) atoms. The molecule has 3 heteroatoms. The van der Waals surface area contributed by atoms with Gasteiger partial charge in [0.1, 0.15) is 0 Å². The Morgan fingerprint density at radius 2 is 2.13 bits per heavy atom. The predicted octanol–water partition coefficient (Wildman–Crippen LogP) is 0.935. The van der Waals surface area contributed by atoms with E-state index in [2.05, 4.69) is 31.0 Å². The van der Waals surface area contributed by atoms with Crippen LogP contribution in [-0.2, 0) is 0 Å². The average molecular weight is 214 g/mol. The monoisotopic (exact) mass is 214 g/mol. The molecule has 0 aromatic rings. The molecule has 1 fully saturated rings. The van der Waals surface area contributed by atoms with Gasteiger partial charge in [-0.2, -0.15) is 0 Å². The van der Waals surface area contributed by atoms with Crippen molar-refractivity contribution in [3.63, 3.8) is 0 Å². The molecule has 1 saturated heterocycles. The molecule has 0 radical (unpaired) electrons. The van der Waals surface area contributed by atoms with Gasteiger partial charge >= 0.3 is 0 Å². The highest BCUT2D eigenvalue weighted by atomic mass is 16.3. The van der Waals surface area contributed by atoms with Crippen LogP contribution < -0.4 is 5.32 Å². The lowest BCUT2D eigenvalue weighted by molar-refractivity contribution is 0.230. The first-order valence-electron chi connectivity index (χ1n) is 6.19. The summed E-state index contributed by atoms with van der Waals surface area (Å²) in [6, 6.07) is 0.686. The highest BCUT2D eigenvalue weighted by molar-refractivity contribution is 4.79. The Bertz CT molecular complexity index is 173. The number of hydrogen-bond acceptors (Lipinski definition) is 3. The van der Waals surface area contributed by atoms with E-state index in [1.807, 2.05) is 0 Å². The van der Waals surface area contributed by atoms with Crippen LogP contribution in [0.15, 0.2) is 0 Å². The molecule has 1 aliphatic heterocycles. The summed E-state index contributed by atoms with van der Waals surface area (Å²) in [4.78, 5) is 2.54. The van der Waals surface area contributed by atoms with Crippen molar-refractivity contribution < 1.29 is 5.11 Å². The van der Waals surface area contributed by atoms with Crippen LogP contribution in [0, 0.1) is 11.8 Å². The van der Waals surface area contributed by atoms with Crippen LogP contribution in [0.1, 0.15) is 27.2 Å². The maximum atomic E-state index is 8.89. The molecule has 0 bridgehead atoms. The smallest absolute Gasteiger partial charge is 0.0468 e. The Labute approximate surface area is 93.9 Å². The van der Waals surface area contributed by atoms with Crippen molar-refractivity contribution >= 4 is 0 Å². The van der Waals surface area contributed by atoms with Gasteiger partial charge in [0.15, 0.2) is 0 Å². The lowest BCUT2D eigenvalue weighted by atomic mass is 10.1. The molecule has 1 heterocycles. The van der Waals surface area contributed by atoms with Crippen molar-refractivity contribution in [2.45, 2.75) is 33.2 Å². The molecule has 1 aliphatic rings. The Kier molecular flexibility index (Phi) is 5.58. The topological polar surface area (TPSA) is 35.5 Å². The molecule has 2 unspecified atom stereocenters. The van der Waals surface area contributed by atoms with Crippen molar-refractivity contribution in [1.29, 1.82) is 0 Å². The predicted molar refractivity (Wildman–Crippen MR) is 63.9 cm³/mol. The van der Waals surface area contributed by atoms with Crippen LogP contribution in [0.3, 0.4) is 0 Å². The first-order valence-corrected chi connectivity index (χ1v) is 6.19. The Balaban J connectivity index is 2.09. The van der Waals surface area contributed by atoms with Gasteiger partial charge in [-0.1, -0.05) is 6.92 Å². The third kappa shape index (κ3) is 4.49. The fraction of sp³-hybridized carbons (Fsp3) is 1.00. The van der Waals surface area contributed by atoms with Crippen molar-refractivity contribution in [3.8, 4) is 0 Å². The van der Waals surface area contributed by atoms with Crippen LogP contribution in [0.5, 0.6) is 0 Å². The van der Waals surface area contributed by atoms with Crippen LogP contribution in [0.4, 0.5) is 0 Å². The molecule has 0 aromatic heterocycles. The molecule has 1 rings (SSSR count). The standard InChI is InChI=1S/C12H26N2O/c1-10(2)14-5-4-12(8-14)7-13-6-11(3)9-15/h10-13,15H,4-9H2,1-3H3. The van der Waals surface area contributed by atoms with E-state index in [1.54, 1.807) is 0 Å². The molecule has 2 atom stereocenters. The molecule has 0 aromatic carbocycles. The normalized spacial score (nSPS) is 25.0. The first-order chi connectivity index (χ1) is 7.13. The van der Waals surface area contributed by atoms with Crippen molar-refractivity contribution in [2.75, 3.05) is 32.8 Å². The molecule has 90 valence electrons. The lowest BCUT2D eigenvalue weighted by Gasteiger charge is -2.20. The van der Waals surface area contributed by atoms with E-state index in [0.717, 1.165) is 19.0 Å². The van der Waals surface area contributed by atoms with E-state index in [1.165, 1.54) is 19.5 Å². The Morgan fingerprint density at radius 3 is 2.67 bits per heavy atom. The van der Waals surface area contributed by atoms with Gasteiger partial charge in [-0.15, -0.1) is 0 Å². The van der Waals surface area contributed by atoms with E-state index in [0.29, 0.717) is 12.0 Å². The average Bonchev–Trinajstić information content (AvgIpc) is 2.66. The summed E-state index contributed by atoms with van der Waals surface area (Å²) in [7, 11) is 0. The van der Waals surface area contributed by atoms with Gasteiger partial charge in [-0.05, 0) is 51.7 Å². The molecule has 0 spiro atoms. The quantitative estimate of drug-likeness (QED) is 0.690. The SMILES string of the molecule is CC(CO)CNCC1CCN(C(C)C)C1. The van der Waals surface area contributed by atoms with Gasteiger partial charge in [0, 0.05) is 19.2 Å². The number of aliphatic hydroxyl groups excluding tert-OH is 1. The summed E-state index contributed by atoms with van der Waals surface area (Å²) in [5.41, 5.74) is 0. The molecular weight excluding hydrogens is 188 g/mol. The maximum absolute atomic E-state index is 8.89. The summed E-state index contributed by atoms with van der Waals surface area (Å²) in [5, 5.41) is 12.3. The summed E-state index contributed by atoms with van der Waals surface area (Å²) in [6.45, 7) is 11.4. The third-order valence-electron chi connectivity index (χ3n) is 3.29. The van der Waals surface area contributed by atoms with Crippen LogP contribution in [-0.4, -0.2) is 48.8 Å². The second-order valence-electron chi connectivity index (χ2n) is 5.19. The van der Waals surface area contributed by atoms with E-state index in [9.17, 15) is 0 Å². The Hall–Kier alpha value is -0.120. The van der Waals surface area contributed by atoms with Crippen molar-refractivity contribution in [3.05, 3.63) is 0 Å². The number of likely N-dealkylation sites (tertiary alicyclic amines) is 1. The van der Waals surface area contributed by atoms with Gasteiger partial charge in [0.05, 0.1) is 0 Å². The zero-order valence-electron chi connectivity index (χ0n) is 10.4. The number of nitrogens with zero attached hydrogens (tertiary/aromatic N) is 1. The maximum Gasteiger partial charge on any atom is 0.0468 e. The fourth-order valence-corrected chi connectivity index (χ4v) is 2.10. The van der Waals surface area contributed by atoms with Crippen molar-refractivity contribution in [2.24, 2.45) is 11.8 Å². The minimum Gasteiger partial charge on any atom is -0.396 e. The molecule has 2 N–H and O–H groups in total. The van der Waals surface area contributed by atoms with Gasteiger partial charge in [-0.3, -0.25) is 0 Å². The summed E-state index contributed by atoms with van der Waals surface area (Å²) < 4.78 is 0. The number of hydrogen-bond donors (Lipinski definition) is 2. The summed E-state index contributed by atoms with van der Waals surface area (Å²) in [6.07, 6.45) is 1.32. The third-order valence-corrected chi connectivity index (χ3v) is 3.29. The summed E-state index contributed by atoms with van der Waals surface area (Å²) >= 11 is 0. The molecular formula is C12H26N2O. The zero-order chi connectivity index (χ0) is 11.3. The minimum absolute atomic E-state index is 0.287. The highest BCUT2D eigenvalue weighted by Crippen LogP contribution is 2.17. The van der Waals surface area contributed by atoms with E-state index < -0.39 is 0 Å². The minimum atomic E-state index is 0.287. The molecule has 3 nitrogen and oxygen atoms in total. The van der Waals surface area contributed by atoms with Gasteiger partial charge < -0.3 is 15.3 Å². The molecule has 0 saturated carbocycles. The highest BCUT2D eigenvalue weighted by Gasteiger charge is 2.23. The van der Waals surface area contributed by atoms with Crippen LogP contribution in [0.2, 0.25) is 0 Å². The second kappa shape index (κ2) is 6.46. The van der Waals surface area contributed by atoms with Gasteiger partial charge in [0.2, 0.25) is 0 Å². The number of aliphatic hydroxyl groups is 1. The lowest BCUT2D eigenvalue weighted by Crippen LogP contribution is -2.32. The first kappa shape index (κ1) is 12.9.